The average molecular weight is 607 g/mol. The molecule has 2 aromatic carbocycles. The van der Waals surface area contributed by atoms with E-state index >= 15 is 0 Å². The van der Waals surface area contributed by atoms with Crippen LogP contribution in [0, 0.1) is 6.92 Å². The minimum absolute atomic E-state index is 0.0163. The van der Waals surface area contributed by atoms with Crippen molar-refractivity contribution in [2.24, 2.45) is 0 Å². The highest BCUT2D eigenvalue weighted by Gasteiger charge is 2.30. The lowest BCUT2D eigenvalue weighted by Crippen LogP contribution is -2.61. The molecule has 2 fully saturated rings. The Kier molecular flexibility index (Phi) is 9.03. The molecule has 10 nitrogen and oxygen atoms in total. The zero-order chi connectivity index (χ0) is 30.8. The summed E-state index contributed by atoms with van der Waals surface area (Å²) in [5.74, 6) is 2.11. The van der Waals surface area contributed by atoms with E-state index in [-0.39, 0.29) is 23.8 Å². The highest BCUT2D eigenvalue weighted by Crippen LogP contribution is 2.32. The molecule has 2 aromatic heterocycles. The van der Waals surface area contributed by atoms with E-state index < -0.39 is 6.43 Å². The molecular formula is C32H40F2N8O2. The van der Waals surface area contributed by atoms with Gasteiger partial charge in [-0.3, -0.25) is 10.3 Å². The van der Waals surface area contributed by atoms with Gasteiger partial charge in [-0.1, -0.05) is 30.3 Å². The van der Waals surface area contributed by atoms with E-state index in [0.29, 0.717) is 5.95 Å². The molecule has 2 aliphatic heterocycles. The highest BCUT2D eigenvalue weighted by molar-refractivity contribution is 5.72. The van der Waals surface area contributed by atoms with Crippen LogP contribution in [0.5, 0.6) is 5.75 Å². The zero-order valence-electron chi connectivity index (χ0n) is 25.6. The van der Waals surface area contributed by atoms with Crippen molar-refractivity contribution in [2.45, 2.75) is 71.3 Å². The normalized spacial score (nSPS) is 21.4. The third-order valence-corrected chi connectivity index (χ3v) is 8.68. The maximum atomic E-state index is 13.2. The Labute approximate surface area is 256 Å². The summed E-state index contributed by atoms with van der Waals surface area (Å²) in [6, 6.07) is 12.9. The number of aromatic nitrogens is 4. The van der Waals surface area contributed by atoms with Gasteiger partial charge in [-0.25, -0.2) is 23.8 Å². The predicted octanol–water partition coefficient (Wildman–Crippen LogP) is 5.35. The zero-order valence-corrected chi connectivity index (χ0v) is 25.6. The number of halogens is 2. The standard InChI is InChI=1S/C32H40F2N8O2/c1-20-17-42(39-38-32-35-15-29-31(37-32)41(22(3)36-29)19-27-6-5-13-44-27)21(2)16-40(20)18-25-11-12-26(43-4)14-28(25)23-7-9-24(10-8-23)30(33)34/h7-12,14-15,20-21,27,30,39H,5-6,13,16-19H2,1-4H3,(H,35,37,38)/t20-,21+,27+/m1/s1. The number of methoxy groups -OCH3 is 1. The third kappa shape index (κ3) is 6.53. The summed E-state index contributed by atoms with van der Waals surface area (Å²) in [6.45, 7) is 10.2. The van der Waals surface area contributed by atoms with Gasteiger partial charge >= 0.3 is 0 Å². The van der Waals surface area contributed by atoms with Crippen molar-refractivity contribution >= 4 is 17.1 Å². The molecule has 0 spiro atoms. The Hall–Kier alpha value is -3.71. The average Bonchev–Trinajstić information content (AvgIpc) is 3.65. The SMILES string of the molecule is COc1ccc(CN2C[C@H](C)N(NNc3ncc4nc(C)n(C[C@@H]5CCCO5)c4n3)C[C@H]2C)c(-c2ccc(C(F)F)cc2)c1. The minimum atomic E-state index is -2.49. The van der Waals surface area contributed by atoms with Crippen LogP contribution in [0.1, 0.15) is 50.1 Å². The molecule has 2 saturated heterocycles. The number of rotatable bonds is 10. The van der Waals surface area contributed by atoms with Crippen molar-refractivity contribution in [3.63, 3.8) is 0 Å². The molecule has 0 radical (unpaired) electrons. The van der Waals surface area contributed by atoms with E-state index in [1.165, 1.54) is 12.1 Å². The second-order valence-electron chi connectivity index (χ2n) is 11.8. The molecule has 12 heteroatoms. The van der Waals surface area contributed by atoms with Crippen LogP contribution >= 0.6 is 0 Å². The summed E-state index contributed by atoms with van der Waals surface area (Å²) in [6.07, 6.45) is 1.59. The number of fused-ring (bicyclic) bond motifs is 1. The number of imidazole rings is 1. The Bertz CT molecular complexity index is 1570. The van der Waals surface area contributed by atoms with Crippen LogP contribution in [0.3, 0.4) is 0 Å². The maximum absolute atomic E-state index is 13.2. The number of nitrogens with zero attached hydrogens (tertiary/aromatic N) is 6. The number of benzene rings is 2. The van der Waals surface area contributed by atoms with Crippen LogP contribution in [0.25, 0.3) is 22.3 Å². The summed E-state index contributed by atoms with van der Waals surface area (Å²) >= 11 is 0. The van der Waals surface area contributed by atoms with Gasteiger partial charge in [0.2, 0.25) is 5.95 Å². The van der Waals surface area contributed by atoms with Gasteiger partial charge in [-0.2, -0.15) is 10.5 Å². The molecule has 3 atom stereocenters. The lowest BCUT2D eigenvalue weighted by Gasteiger charge is -2.44. The van der Waals surface area contributed by atoms with Crippen molar-refractivity contribution in [3.05, 3.63) is 65.6 Å². The Morgan fingerprint density at radius 2 is 1.89 bits per heavy atom. The number of aryl methyl sites for hydroxylation is 1. The summed E-state index contributed by atoms with van der Waals surface area (Å²) in [5, 5.41) is 2.17. The molecule has 2 N–H and O–H groups in total. The molecule has 234 valence electrons. The van der Waals surface area contributed by atoms with Gasteiger partial charge in [0.05, 0.1) is 26.0 Å². The largest absolute Gasteiger partial charge is 0.497 e. The van der Waals surface area contributed by atoms with Gasteiger partial charge < -0.3 is 14.0 Å². The Balaban J connectivity index is 1.12. The molecule has 2 aliphatic rings. The number of hydrogen-bond acceptors (Lipinski definition) is 9. The number of hydrazine groups is 2. The molecule has 6 rings (SSSR count). The smallest absolute Gasteiger partial charge is 0.263 e. The number of anilines is 1. The van der Waals surface area contributed by atoms with Crippen LogP contribution in [0.15, 0.2) is 48.7 Å². The summed E-state index contributed by atoms with van der Waals surface area (Å²) in [5.41, 5.74) is 11.1. The Morgan fingerprint density at radius 3 is 2.61 bits per heavy atom. The quantitative estimate of drug-likeness (QED) is 0.232. The summed E-state index contributed by atoms with van der Waals surface area (Å²) in [4.78, 5) is 16.3. The van der Waals surface area contributed by atoms with Crippen LogP contribution < -0.4 is 15.7 Å². The van der Waals surface area contributed by atoms with E-state index in [9.17, 15) is 8.78 Å². The van der Waals surface area contributed by atoms with Gasteiger partial charge in [0.25, 0.3) is 6.43 Å². The van der Waals surface area contributed by atoms with E-state index in [0.717, 1.165) is 85.1 Å². The molecule has 0 bridgehead atoms. The second kappa shape index (κ2) is 13.1. The fourth-order valence-corrected chi connectivity index (χ4v) is 6.11. The van der Waals surface area contributed by atoms with Gasteiger partial charge in [-0.15, -0.1) is 0 Å². The fraction of sp³-hybridized carbons (Fsp3) is 0.469. The fourth-order valence-electron chi connectivity index (χ4n) is 6.11. The van der Waals surface area contributed by atoms with Gasteiger partial charge in [0, 0.05) is 43.9 Å². The molecule has 0 unspecified atom stereocenters. The van der Waals surface area contributed by atoms with Crippen LogP contribution in [-0.2, 0) is 17.8 Å². The van der Waals surface area contributed by atoms with Gasteiger partial charge in [-0.05, 0) is 62.4 Å². The molecule has 4 aromatic rings. The van der Waals surface area contributed by atoms with E-state index in [2.05, 4.69) is 55.3 Å². The molecule has 0 aliphatic carbocycles. The first-order chi connectivity index (χ1) is 21.3. The number of nitrogens with one attached hydrogen (secondary N) is 2. The van der Waals surface area contributed by atoms with Crippen molar-refractivity contribution < 1.29 is 18.3 Å². The summed E-state index contributed by atoms with van der Waals surface area (Å²) < 4.78 is 39.8. The monoisotopic (exact) mass is 606 g/mol. The second-order valence-corrected chi connectivity index (χ2v) is 11.8. The number of piperazine rings is 1. The van der Waals surface area contributed by atoms with E-state index in [1.807, 2.05) is 19.1 Å². The van der Waals surface area contributed by atoms with Crippen molar-refractivity contribution in [1.29, 1.82) is 0 Å². The number of ether oxygens (including phenoxy) is 2. The highest BCUT2D eigenvalue weighted by atomic mass is 19.3. The van der Waals surface area contributed by atoms with Gasteiger partial charge in [0.15, 0.2) is 5.65 Å². The maximum Gasteiger partial charge on any atom is 0.263 e. The van der Waals surface area contributed by atoms with Crippen molar-refractivity contribution in [1.82, 2.24) is 35.0 Å². The van der Waals surface area contributed by atoms with Crippen molar-refractivity contribution in [3.8, 4) is 16.9 Å². The number of hydrogen-bond donors (Lipinski definition) is 2. The van der Waals surface area contributed by atoms with E-state index in [1.54, 1.807) is 25.4 Å². The first kappa shape index (κ1) is 30.3. The molecule has 0 saturated carbocycles. The molecule has 0 amide bonds. The molecular weight excluding hydrogens is 566 g/mol. The van der Waals surface area contributed by atoms with Crippen LogP contribution in [-0.4, -0.2) is 74.4 Å². The lowest BCUT2D eigenvalue weighted by molar-refractivity contribution is 0.0104. The van der Waals surface area contributed by atoms with E-state index in [4.69, 9.17) is 14.5 Å². The third-order valence-electron chi connectivity index (χ3n) is 8.68. The minimum Gasteiger partial charge on any atom is -0.497 e. The van der Waals surface area contributed by atoms with Gasteiger partial charge in [0.1, 0.15) is 17.1 Å². The first-order valence-corrected chi connectivity index (χ1v) is 15.2. The number of alkyl halides is 2. The predicted molar refractivity (Wildman–Crippen MR) is 165 cm³/mol. The molecule has 4 heterocycles. The van der Waals surface area contributed by atoms with Crippen molar-refractivity contribution in [2.75, 3.05) is 32.2 Å². The lowest BCUT2D eigenvalue weighted by atomic mass is 9.97. The first-order valence-electron chi connectivity index (χ1n) is 15.2. The Morgan fingerprint density at radius 1 is 1.07 bits per heavy atom. The molecule has 44 heavy (non-hydrogen) atoms. The topological polar surface area (TPSA) is 92.6 Å². The van der Waals surface area contributed by atoms with Crippen LogP contribution in [0.2, 0.25) is 0 Å². The van der Waals surface area contributed by atoms with Crippen LogP contribution in [0.4, 0.5) is 14.7 Å². The summed E-state index contributed by atoms with van der Waals surface area (Å²) in [7, 11) is 1.63.